The van der Waals surface area contributed by atoms with E-state index in [2.05, 4.69) is 53.1 Å². The van der Waals surface area contributed by atoms with E-state index in [1.54, 1.807) is 0 Å². The Labute approximate surface area is 127 Å². The molecule has 0 aliphatic heterocycles. The number of nitrogens with one attached hydrogen (secondary N) is 1. The molecule has 94 valence electrons. The van der Waals surface area contributed by atoms with Crippen LogP contribution in [0.5, 0.6) is 0 Å². The Hall–Kier alpha value is 0.130. The summed E-state index contributed by atoms with van der Waals surface area (Å²) in [7, 11) is 0. The quantitative estimate of drug-likeness (QED) is 0.722. The molecule has 0 atom stereocenters. The zero-order valence-corrected chi connectivity index (χ0v) is 14.4. The van der Waals surface area contributed by atoms with Crippen molar-refractivity contribution in [1.82, 2.24) is 5.32 Å². The van der Waals surface area contributed by atoms with Gasteiger partial charge in [-0.3, -0.25) is 4.79 Å². The second-order valence-corrected chi connectivity index (χ2v) is 6.24. The van der Waals surface area contributed by atoms with Crippen LogP contribution in [0.4, 0.5) is 0 Å². The lowest BCUT2D eigenvalue weighted by Crippen LogP contribution is -2.49. The van der Waals surface area contributed by atoms with Gasteiger partial charge in [-0.2, -0.15) is 0 Å². The maximum atomic E-state index is 12.1. The van der Waals surface area contributed by atoms with Gasteiger partial charge in [0.15, 0.2) is 0 Å². The molecule has 0 heterocycles. The molecular weight excluding hydrogens is 414 g/mol. The van der Waals surface area contributed by atoms with Crippen molar-refractivity contribution in [2.75, 3.05) is 10.7 Å². The van der Waals surface area contributed by atoms with Gasteiger partial charge in [-0.25, -0.2) is 0 Å². The number of rotatable bonds is 4. The largest absolute Gasteiger partial charge is 0.345 e. The highest BCUT2D eigenvalue weighted by atomic mass is 79.9. The first kappa shape index (κ1) is 15.2. The van der Waals surface area contributed by atoms with Gasteiger partial charge in [0.1, 0.15) is 0 Å². The van der Waals surface area contributed by atoms with E-state index in [0.29, 0.717) is 16.2 Å². The van der Waals surface area contributed by atoms with Crippen molar-refractivity contribution in [3.05, 3.63) is 33.8 Å². The van der Waals surface area contributed by atoms with Crippen LogP contribution in [-0.2, 0) is 0 Å². The number of hydrogen-bond donors (Lipinski definition) is 1. The van der Waals surface area contributed by atoms with Crippen LogP contribution in [-0.4, -0.2) is 22.1 Å². The van der Waals surface area contributed by atoms with E-state index >= 15 is 0 Å². The molecule has 1 rings (SSSR count). The van der Waals surface area contributed by atoms with Gasteiger partial charge >= 0.3 is 0 Å². The normalized spacial score (nSPS) is 11.4. The van der Waals surface area contributed by atoms with Gasteiger partial charge in [0, 0.05) is 15.1 Å². The van der Waals surface area contributed by atoms with Gasteiger partial charge in [-0.05, 0) is 47.5 Å². The summed E-state index contributed by atoms with van der Waals surface area (Å²) in [6.07, 6.45) is 0. The van der Waals surface area contributed by atoms with Gasteiger partial charge in [-0.15, -0.1) is 0 Å². The van der Waals surface area contributed by atoms with Gasteiger partial charge in [0.2, 0.25) is 0 Å². The van der Waals surface area contributed by atoms with Gasteiger partial charge in [0.25, 0.3) is 5.91 Å². The summed E-state index contributed by atoms with van der Waals surface area (Å²) in [4.78, 5) is 12.1. The minimum atomic E-state index is -0.290. The zero-order chi connectivity index (χ0) is 13.1. The third kappa shape index (κ3) is 4.07. The molecular formula is C12H14Br3NO. The maximum absolute atomic E-state index is 12.1. The smallest absolute Gasteiger partial charge is 0.252 e. The van der Waals surface area contributed by atoms with E-state index in [1.165, 1.54) is 0 Å². The van der Waals surface area contributed by atoms with Crippen LogP contribution in [0.15, 0.2) is 22.7 Å². The van der Waals surface area contributed by atoms with Crippen molar-refractivity contribution in [3.63, 3.8) is 0 Å². The lowest BCUT2D eigenvalue weighted by molar-refractivity contribution is 0.0922. The van der Waals surface area contributed by atoms with Gasteiger partial charge in [0.05, 0.1) is 11.1 Å². The third-order valence-electron chi connectivity index (χ3n) is 2.37. The van der Waals surface area contributed by atoms with Crippen LogP contribution in [0.1, 0.15) is 22.8 Å². The number of alkyl halides is 2. The average Bonchev–Trinajstić information content (AvgIpc) is 2.28. The molecule has 0 aliphatic carbocycles. The summed E-state index contributed by atoms with van der Waals surface area (Å²) in [6.45, 7) is 3.98. The SMILES string of the molecule is Cc1ccc(C(=O)NC(C)(CBr)CBr)c(Br)c1. The maximum Gasteiger partial charge on any atom is 0.252 e. The molecule has 1 aromatic carbocycles. The van der Waals surface area contributed by atoms with Crippen LogP contribution >= 0.6 is 47.8 Å². The Bertz CT molecular complexity index is 416. The molecule has 0 saturated carbocycles. The molecule has 0 spiro atoms. The Morgan fingerprint density at radius 1 is 1.35 bits per heavy atom. The summed E-state index contributed by atoms with van der Waals surface area (Å²) in [5.41, 5.74) is 1.49. The van der Waals surface area contributed by atoms with Crippen LogP contribution in [0.2, 0.25) is 0 Å². The molecule has 1 aromatic rings. The molecule has 2 nitrogen and oxygen atoms in total. The second-order valence-electron chi connectivity index (χ2n) is 4.27. The first-order valence-corrected chi connectivity index (χ1v) is 8.16. The topological polar surface area (TPSA) is 29.1 Å². The number of halogens is 3. The Kier molecular flexibility index (Phi) is 5.67. The highest BCUT2D eigenvalue weighted by Gasteiger charge is 2.25. The molecule has 0 aromatic heterocycles. The third-order valence-corrected chi connectivity index (χ3v) is 5.51. The van der Waals surface area contributed by atoms with Crippen LogP contribution < -0.4 is 5.32 Å². The van der Waals surface area contributed by atoms with Crippen molar-refractivity contribution in [2.24, 2.45) is 0 Å². The fourth-order valence-electron chi connectivity index (χ4n) is 1.25. The van der Waals surface area contributed by atoms with Crippen molar-refractivity contribution in [2.45, 2.75) is 19.4 Å². The van der Waals surface area contributed by atoms with E-state index < -0.39 is 0 Å². The lowest BCUT2D eigenvalue weighted by Gasteiger charge is -2.26. The number of carbonyl (C=O) groups excluding carboxylic acids is 1. The molecule has 5 heteroatoms. The average molecular weight is 428 g/mol. The van der Waals surface area contributed by atoms with Gasteiger partial charge in [-0.1, -0.05) is 37.9 Å². The summed E-state index contributed by atoms with van der Waals surface area (Å²) in [5.74, 6) is -0.0710. The van der Waals surface area contributed by atoms with Crippen molar-refractivity contribution < 1.29 is 4.79 Å². The first-order valence-electron chi connectivity index (χ1n) is 5.12. The Morgan fingerprint density at radius 3 is 2.41 bits per heavy atom. The summed E-state index contributed by atoms with van der Waals surface area (Å²) >= 11 is 10.2. The fraction of sp³-hybridized carbons (Fsp3) is 0.417. The molecule has 1 N–H and O–H groups in total. The standard InChI is InChI=1S/C12H14Br3NO/c1-8-3-4-9(10(15)5-8)11(17)16-12(2,6-13)7-14/h3-5H,6-7H2,1-2H3,(H,16,17). The van der Waals surface area contributed by atoms with Crippen LogP contribution in [0.25, 0.3) is 0 Å². The molecule has 0 aliphatic rings. The van der Waals surface area contributed by atoms with E-state index in [1.807, 2.05) is 32.0 Å². The molecule has 1 amide bonds. The first-order chi connectivity index (χ1) is 7.91. The molecule has 0 bridgehead atoms. The van der Waals surface area contributed by atoms with Gasteiger partial charge < -0.3 is 5.32 Å². The fourth-order valence-corrected chi connectivity index (χ4v) is 3.13. The van der Waals surface area contributed by atoms with E-state index in [9.17, 15) is 4.79 Å². The summed E-state index contributed by atoms with van der Waals surface area (Å²) in [5, 5.41) is 4.40. The molecule has 17 heavy (non-hydrogen) atoms. The van der Waals surface area contributed by atoms with Crippen molar-refractivity contribution in [1.29, 1.82) is 0 Å². The molecule has 0 unspecified atom stereocenters. The summed E-state index contributed by atoms with van der Waals surface area (Å²) in [6, 6.07) is 5.70. The predicted octanol–water partition coefficient (Wildman–Crippen LogP) is 4.04. The van der Waals surface area contributed by atoms with Crippen molar-refractivity contribution in [3.8, 4) is 0 Å². The number of aryl methyl sites for hydroxylation is 1. The minimum absolute atomic E-state index is 0.0710. The lowest BCUT2D eigenvalue weighted by atomic mass is 10.1. The molecule has 0 saturated heterocycles. The highest BCUT2D eigenvalue weighted by molar-refractivity contribution is 9.10. The van der Waals surface area contributed by atoms with Crippen LogP contribution in [0, 0.1) is 6.92 Å². The summed E-state index contributed by atoms with van der Waals surface area (Å²) < 4.78 is 0.821. The molecule has 0 radical (unpaired) electrons. The molecule has 0 fully saturated rings. The van der Waals surface area contributed by atoms with Crippen molar-refractivity contribution >= 4 is 53.7 Å². The predicted molar refractivity (Wildman–Crippen MR) is 82.3 cm³/mol. The monoisotopic (exact) mass is 425 g/mol. The van der Waals surface area contributed by atoms with E-state index in [-0.39, 0.29) is 11.4 Å². The Morgan fingerprint density at radius 2 is 1.94 bits per heavy atom. The minimum Gasteiger partial charge on any atom is -0.345 e. The number of hydrogen-bond acceptors (Lipinski definition) is 1. The number of carbonyl (C=O) groups is 1. The number of amides is 1. The van der Waals surface area contributed by atoms with E-state index in [0.717, 1.165) is 10.0 Å². The number of benzene rings is 1. The van der Waals surface area contributed by atoms with Crippen LogP contribution in [0.3, 0.4) is 0 Å². The Balaban J connectivity index is 2.90. The van der Waals surface area contributed by atoms with E-state index in [4.69, 9.17) is 0 Å². The zero-order valence-electron chi connectivity index (χ0n) is 9.69. The second kappa shape index (κ2) is 6.34. The highest BCUT2D eigenvalue weighted by Crippen LogP contribution is 2.20.